The Hall–Kier alpha value is -1.55. The molecule has 0 unspecified atom stereocenters. The summed E-state index contributed by atoms with van der Waals surface area (Å²) in [7, 11) is 1.59. The number of benzene rings is 1. The second-order valence-electron chi connectivity index (χ2n) is 4.57. The number of carbonyl (C=O) groups excluding carboxylic acids is 1. The van der Waals surface area contributed by atoms with Crippen molar-refractivity contribution >= 4 is 11.6 Å². The van der Waals surface area contributed by atoms with Crippen molar-refractivity contribution in [3.63, 3.8) is 0 Å². The Kier molecular flexibility index (Phi) is 3.07. The summed E-state index contributed by atoms with van der Waals surface area (Å²) in [5.41, 5.74) is 7.69. The molecule has 0 radical (unpaired) electrons. The van der Waals surface area contributed by atoms with Crippen LogP contribution in [0, 0.1) is 0 Å². The lowest BCUT2D eigenvalue weighted by atomic mass is 9.72. The zero-order valence-electron chi connectivity index (χ0n) is 10.2. The quantitative estimate of drug-likeness (QED) is 0.840. The van der Waals surface area contributed by atoms with E-state index in [0.717, 1.165) is 24.8 Å². The second-order valence-corrected chi connectivity index (χ2v) is 4.57. The number of nitrogens with one attached hydrogen (secondary N) is 1. The molecular formula is C13H18N2O2. The fraction of sp³-hybridized carbons (Fsp3) is 0.462. The lowest BCUT2D eigenvalue weighted by Gasteiger charge is -2.40. The van der Waals surface area contributed by atoms with Crippen LogP contribution in [0.1, 0.15) is 31.7 Å². The summed E-state index contributed by atoms with van der Waals surface area (Å²) in [5, 5.41) is 2.82. The van der Waals surface area contributed by atoms with Crippen molar-refractivity contribution in [2.24, 2.45) is 5.73 Å². The van der Waals surface area contributed by atoms with Gasteiger partial charge in [0, 0.05) is 12.5 Å². The largest absolute Gasteiger partial charge is 0.495 e. The smallest absolute Gasteiger partial charge is 0.221 e. The summed E-state index contributed by atoms with van der Waals surface area (Å²) in [4.78, 5) is 11.3. The van der Waals surface area contributed by atoms with Crippen LogP contribution in [0.15, 0.2) is 18.2 Å². The van der Waals surface area contributed by atoms with E-state index in [2.05, 4.69) is 5.32 Å². The molecule has 0 spiro atoms. The second kappa shape index (κ2) is 4.37. The lowest BCUT2D eigenvalue weighted by molar-refractivity contribution is -0.114. The summed E-state index contributed by atoms with van der Waals surface area (Å²) in [6.45, 7) is 1.49. The Bertz CT molecular complexity index is 439. The van der Waals surface area contributed by atoms with Crippen LogP contribution in [-0.4, -0.2) is 13.0 Å². The first-order valence-corrected chi connectivity index (χ1v) is 5.81. The van der Waals surface area contributed by atoms with Crippen LogP contribution in [0.4, 0.5) is 5.69 Å². The van der Waals surface area contributed by atoms with Gasteiger partial charge in [0.1, 0.15) is 5.75 Å². The normalized spacial score (nSPS) is 17.1. The minimum Gasteiger partial charge on any atom is -0.495 e. The third kappa shape index (κ3) is 2.13. The van der Waals surface area contributed by atoms with E-state index in [1.807, 2.05) is 18.2 Å². The third-order valence-corrected chi connectivity index (χ3v) is 3.33. The van der Waals surface area contributed by atoms with E-state index in [1.165, 1.54) is 6.92 Å². The number of methoxy groups -OCH3 is 1. The number of hydrogen-bond acceptors (Lipinski definition) is 3. The molecule has 0 heterocycles. The molecule has 0 atom stereocenters. The van der Waals surface area contributed by atoms with Gasteiger partial charge in [0.25, 0.3) is 0 Å². The molecule has 1 amide bonds. The van der Waals surface area contributed by atoms with Crippen LogP contribution in [-0.2, 0) is 10.3 Å². The van der Waals surface area contributed by atoms with Crippen molar-refractivity contribution in [3.8, 4) is 5.75 Å². The third-order valence-electron chi connectivity index (χ3n) is 3.33. The number of ether oxygens (including phenoxy) is 1. The van der Waals surface area contributed by atoms with Gasteiger partial charge in [0.05, 0.1) is 12.8 Å². The average molecular weight is 234 g/mol. The number of para-hydroxylation sites is 1. The van der Waals surface area contributed by atoms with Gasteiger partial charge in [-0.3, -0.25) is 4.79 Å². The van der Waals surface area contributed by atoms with Gasteiger partial charge in [0.15, 0.2) is 0 Å². The fourth-order valence-electron chi connectivity index (χ4n) is 2.25. The summed E-state index contributed by atoms with van der Waals surface area (Å²) in [6, 6.07) is 5.70. The molecule has 0 bridgehead atoms. The van der Waals surface area contributed by atoms with E-state index < -0.39 is 0 Å². The van der Waals surface area contributed by atoms with Crippen LogP contribution in [0.5, 0.6) is 5.75 Å². The number of nitrogens with two attached hydrogens (primary N) is 1. The highest BCUT2D eigenvalue weighted by molar-refractivity contribution is 5.91. The average Bonchev–Trinajstić information content (AvgIpc) is 2.25. The molecule has 0 saturated heterocycles. The maximum absolute atomic E-state index is 11.3. The molecule has 4 nitrogen and oxygen atoms in total. The molecule has 1 aliphatic carbocycles. The topological polar surface area (TPSA) is 64.3 Å². The van der Waals surface area contributed by atoms with Gasteiger partial charge in [-0.05, 0) is 30.9 Å². The minimum absolute atomic E-state index is 0.112. The molecule has 1 aromatic rings. The highest BCUT2D eigenvalue weighted by Crippen LogP contribution is 2.44. The van der Waals surface area contributed by atoms with Crippen molar-refractivity contribution in [1.82, 2.24) is 0 Å². The van der Waals surface area contributed by atoms with Gasteiger partial charge in [0.2, 0.25) is 5.91 Å². The van der Waals surface area contributed by atoms with E-state index in [1.54, 1.807) is 7.11 Å². The number of anilines is 1. The van der Waals surface area contributed by atoms with E-state index in [4.69, 9.17) is 10.5 Å². The van der Waals surface area contributed by atoms with Crippen LogP contribution in [0.25, 0.3) is 0 Å². The standard InChI is InChI=1S/C13H18N2O2/c1-9(16)15-12-10(13(14)7-4-8-13)5-3-6-11(12)17-2/h3,5-6H,4,7-8,14H2,1-2H3,(H,15,16). The van der Waals surface area contributed by atoms with Crippen LogP contribution >= 0.6 is 0 Å². The van der Waals surface area contributed by atoms with Crippen molar-refractivity contribution < 1.29 is 9.53 Å². The molecule has 2 rings (SSSR count). The first-order valence-electron chi connectivity index (χ1n) is 5.81. The Morgan fingerprint density at radius 1 is 1.47 bits per heavy atom. The van der Waals surface area contributed by atoms with Crippen molar-refractivity contribution in [2.45, 2.75) is 31.7 Å². The monoisotopic (exact) mass is 234 g/mol. The molecule has 0 aromatic heterocycles. The molecule has 1 fully saturated rings. The molecule has 1 saturated carbocycles. The Morgan fingerprint density at radius 2 is 2.18 bits per heavy atom. The van der Waals surface area contributed by atoms with Crippen LogP contribution in [0.2, 0.25) is 0 Å². The number of rotatable bonds is 3. The van der Waals surface area contributed by atoms with Crippen molar-refractivity contribution in [3.05, 3.63) is 23.8 Å². The van der Waals surface area contributed by atoms with E-state index in [0.29, 0.717) is 11.4 Å². The number of carbonyl (C=O) groups is 1. The maximum atomic E-state index is 11.3. The number of amides is 1. The maximum Gasteiger partial charge on any atom is 0.221 e. The van der Waals surface area contributed by atoms with Crippen LogP contribution in [0.3, 0.4) is 0 Å². The lowest BCUT2D eigenvalue weighted by Crippen LogP contribution is -2.43. The van der Waals surface area contributed by atoms with Gasteiger partial charge in [-0.1, -0.05) is 12.1 Å². The number of hydrogen-bond donors (Lipinski definition) is 2. The Morgan fingerprint density at radius 3 is 2.65 bits per heavy atom. The zero-order valence-corrected chi connectivity index (χ0v) is 10.2. The summed E-state index contributed by atoms with van der Waals surface area (Å²) >= 11 is 0. The highest BCUT2D eigenvalue weighted by atomic mass is 16.5. The molecule has 0 aliphatic heterocycles. The predicted molar refractivity (Wildman–Crippen MR) is 67.0 cm³/mol. The highest BCUT2D eigenvalue weighted by Gasteiger charge is 2.37. The van der Waals surface area contributed by atoms with Gasteiger partial charge in [-0.25, -0.2) is 0 Å². The molecule has 1 aliphatic rings. The zero-order chi connectivity index (χ0) is 12.5. The van der Waals surface area contributed by atoms with E-state index >= 15 is 0 Å². The van der Waals surface area contributed by atoms with Crippen molar-refractivity contribution in [2.75, 3.05) is 12.4 Å². The van der Waals surface area contributed by atoms with E-state index in [9.17, 15) is 4.79 Å². The van der Waals surface area contributed by atoms with Crippen molar-refractivity contribution in [1.29, 1.82) is 0 Å². The molecule has 4 heteroatoms. The first kappa shape index (κ1) is 11.9. The van der Waals surface area contributed by atoms with E-state index in [-0.39, 0.29) is 11.4 Å². The first-order chi connectivity index (χ1) is 8.07. The molecule has 92 valence electrons. The Labute approximate surface area is 101 Å². The van der Waals surface area contributed by atoms with Gasteiger partial charge in [-0.2, -0.15) is 0 Å². The summed E-state index contributed by atoms with van der Waals surface area (Å²) in [5.74, 6) is 0.549. The van der Waals surface area contributed by atoms with Gasteiger partial charge in [-0.15, -0.1) is 0 Å². The van der Waals surface area contributed by atoms with Gasteiger partial charge >= 0.3 is 0 Å². The SMILES string of the molecule is COc1cccc(C2(N)CCC2)c1NC(C)=O. The Balaban J connectivity index is 2.46. The molecule has 1 aromatic carbocycles. The molecule has 3 N–H and O–H groups in total. The van der Waals surface area contributed by atoms with Gasteiger partial charge < -0.3 is 15.8 Å². The minimum atomic E-state index is -0.313. The predicted octanol–water partition coefficient (Wildman–Crippen LogP) is 1.99. The molecular weight excluding hydrogens is 216 g/mol. The summed E-state index contributed by atoms with van der Waals surface area (Å²) < 4.78 is 5.28. The fourth-order valence-corrected chi connectivity index (χ4v) is 2.25. The molecule has 17 heavy (non-hydrogen) atoms. The summed E-state index contributed by atoms with van der Waals surface area (Å²) in [6.07, 6.45) is 3.03. The van der Waals surface area contributed by atoms with Crippen LogP contribution < -0.4 is 15.8 Å².